The van der Waals surface area contributed by atoms with Gasteiger partial charge in [-0.3, -0.25) is 4.98 Å². The molecule has 0 spiro atoms. The maximum absolute atomic E-state index is 4.21. The van der Waals surface area contributed by atoms with Crippen molar-refractivity contribution in [3.63, 3.8) is 0 Å². The highest BCUT2D eigenvalue weighted by atomic mass is 127. The number of aromatic nitrogens is 2. The van der Waals surface area contributed by atoms with Gasteiger partial charge in [-0.1, -0.05) is 13.8 Å². The van der Waals surface area contributed by atoms with Crippen molar-refractivity contribution in [3.8, 4) is 0 Å². The molecule has 0 unspecified atom stereocenters. The molecule has 1 heterocycles. The first kappa shape index (κ1) is 7.91. The van der Waals surface area contributed by atoms with Crippen LogP contribution >= 0.6 is 22.6 Å². The van der Waals surface area contributed by atoms with Gasteiger partial charge >= 0.3 is 0 Å². The molecule has 0 atom stereocenters. The molecule has 0 amide bonds. The van der Waals surface area contributed by atoms with E-state index in [1.165, 1.54) is 0 Å². The topological polar surface area (TPSA) is 25.8 Å². The van der Waals surface area contributed by atoms with Crippen molar-refractivity contribution in [2.45, 2.75) is 19.8 Å². The molecule has 0 bridgehead atoms. The lowest BCUT2D eigenvalue weighted by molar-refractivity contribution is 0.808. The summed E-state index contributed by atoms with van der Waals surface area (Å²) in [5.41, 5.74) is 1.06. The highest BCUT2D eigenvalue weighted by Gasteiger charge is 1.98. The largest absolute Gasteiger partial charge is 0.257 e. The number of rotatable bonds is 1. The van der Waals surface area contributed by atoms with Crippen molar-refractivity contribution in [2.24, 2.45) is 0 Å². The van der Waals surface area contributed by atoms with E-state index in [2.05, 4.69) is 46.4 Å². The van der Waals surface area contributed by atoms with Crippen LogP contribution < -0.4 is 0 Å². The van der Waals surface area contributed by atoms with Gasteiger partial charge in [0.25, 0.3) is 0 Å². The van der Waals surface area contributed by atoms with E-state index in [-0.39, 0.29) is 0 Å². The molecule has 54 valence electrons. The summed E-state index contributed by atoms with van der Waals surface area (Å²) < 4.78 is 0.946. The molecule has 0 aromatic carbocycles. The van der Waals surface area contributed by atoms with E-state index >= 15 is 0 Å². The zero-order chi connectivity index (χ0) is 7.56. The lowest BCUT2D eigenvalue weighted by Crippen LogP contribution is -1.93. The molecule has 0 N–H and O–H groups in total. The molecule has 1 aromatic heterocycles. The van der Waals surface area contributed by atoms with Crippen molar-refractivity contribution in [2.75, 3.05) is 0 Å². The Morgan fingerprint density at radius 3 is 2.40 bits per heavy atom. The van der Waals surface area contributed by atoms with Crippen LogP contribution in [0.1, 0.15) is 25.5 Å². The zero-order valence-electron chi connectivity index (χ0n) is 6.00. The standard InChI is InChI=1S/C7H9IN2/c1-5(2)6-3-10-7(8)4-9-6/h3-5H,1-2H3. The van der Waals surface area contributed by atoms with E-state index in [1.54, 1.807) is 6.20 Å². The van der Waals surface area contributed by atoms with E-state index in [4.69, 9.17) is 0 Å². The van der Waals surface area contributed by atoms with Gasteiger partial charge in [0.1, 0.15) is 3.70 Å². The lowest BCUT2D eigenvalue weighted by Gasteiger charge is -2.00. The van der Waals surface area contributed by atoms with Gasteiger partial charge in [0, 0.05) is 6.20 Å². The molecular formula is C7H9IN2. The molecule has 1 rings (SSSR count). The maximum Gasteiger partial charge on any atom is 0.119 e. The summed E-state index contributed by atoms with van der Waals surface area (Å²) in [6.45, 7) is 4.22. The second kappa shape index (κ2) is 3.27. The third-order valence-corrected chi connectivity index (χ3v) is 1.79. The summed E-state index contributed by atoms with van der Waals surface area (Å²) in [6.07, 6.45) is 3.61. The summed E-state index contributed by atoms with van der Waals surface area (Å²) in [5, 5.41) is 0. The Bertz CT molecular complexity index is 205. The van der Waals surface area contributed by atoms with Gasteiger partial charge in [-0.2, -0.15) is 0 Å². The first-order valence-corrected chi connectivity index (χ1v) is 4.25. The minimum absolute atomic E-state index is 0.476. The predicted octanol–water partition coefficient (Wildman–Crippen LogP) is 2.20. The van der Waals surface area contributed by atoms with Crippen LogP contribution in [-0.2, 0) is 0 Å². The second-order valence-electron chi connectivity index (χ2n) is 2.42. The van der Waals surface area contributed by atoms with E-state index in [9.17, 15) is 0 Å². The fourth-order valence-electron chi connectivity index (χ4n) is 0.620. The molecule has 0 saturated heterocycles. The van der Waals surface area contributed by atoms with Gasteiger partial charge in [0.05, 0.1) is 11.9 Å². The minimum Gasteiger partial charge on any atom is -0.257 e. The van der Waals surface area contributed by atoms with Gasteiger partial charge in [-0.05, 0) is 28.5 Å². The zero-order valence-corrected chi connectivity index (χ0v) is 8.16. The Kier molecular flexibility index (Phi) is 2.59. The first-order valence-electron chi connectivity index (χ1n) is 3.17. The van der Waals surface area contributed by atoms with Crippen LogP contribution in [0, 0.1) is 3.70 Å². The van der Waals surface area contributed by atoms with Crippen molar-refractivity contribution < 1.29 is 0 Å². The molecule has 0 saturated carbocycles. The number of halogens is 1. The highest BCUT2D eigenvalue weighted by molar-refractivity contribution is 14.1. The Labute approximate surface area is 74.2 Å². The van der Waals surface area contributed by atoms with E-state index < -0.39 is 0 Å². The predicted molar refractivity (Wildman–Crippen MR) is 48.8 cm³/mol. The molecule has 10 heavy (non-hydrogen) atoms. The summed E-state index contributed by atoms with van der Waals surface area (Å²) >= 11 is 2.15. The number of nitrogens with zero attached hydrogens (tertiary/aromatic N) is 2. The maximum atomic E-state index is 4.21. The highest BCUT2D eigenvalue weighted by Crippen LogP contribution is 2.09. The Morgan fingerprint density at radius 1 is 1.30 bits per heavy atom. The third-order valence-electron chi connectivity index (χ3n) is 1.23. The second-order valence-corrected chi connectivity index (χ2v) is 3.52. The van der Waals surface area contributed by atoms with Gasteiger partial charge in [0.15, 0.2) is 0 Å². The summed E-state index contributed by atoms with van der Waals surface area (Å²) in [4.78, 5) is 8.33. The summed E-state index contributed by atoms with van der Waals surface area (Å²) in [5.74, 6) is 0.476. The average Bonchev–Trinajstić information content (AvgIpc) is 1.88. The number of hydrogen-bond acceptors (Lipinski definition) is 2. The summed E-state index contributed by atoms with van der Waals surface area (Å²) in [6, 6.07) is 0. The fourth-order valence-corrected chi connectivity index (χ4v) is 0.899. The first-order chi connectivity index (χ1) is 4.70. The van der Waals surface area contributed by atoms with Gasteiger partial charge < -0.3 is 0 Å². The van der Waals surface area contributed by atoms with Crippen LogP contribution in [-0.4, -0.2) is 9.97 Å². The van der Waals surface area contributed by atoms with Crippen LogP contribution in [0.4, 0.5) is 0 Å². The van der Waals surface area contributed by atoms with Gasteiger partial charge in [0.2, 0.25) is 0 Å². The summed E-state index contributed by atoms with van der Waals surface area (Å²) in [7, 11) is 0. The van der Waals surface area contributed by atoms with Crippen molar-refractivity contribution in [1.82, 2.24) is 9.97 Å². The Morgan fingerprint density at radius 2 is 2.00 bits per heavy atom. The lowest BCUT2D eigenvalue weighted by atomic mass is 10.1. The van der Waals surface area contributed by atoms with E-state index in [0.717, 1.165) is 9.39 Å². The van der Waals surface area contributed by atoms with Crippen LogP contribution in [0.5, 0.6) is 0 Å². The Hall–Kier alpha value is -0.190. The van der Waals surface area contributed by atoms with E-state index in [0.29, 0.717) is 5.92 Å². The van der Waals surface area contributed by atoms with Crippen LogP contribution in [0.3, 0.4) is 0 Å². The smallest absolute Gasteiger partial charge is 0.119 e. The van der Waals surface area contributed by atoms with Crippen LogP contribution in [0.25, 0.3) is 0 Å². The molecule has 0 aliphatic carbocycles. The molecule has 0 radical (unpaired) electrons. The van der Waals surface area contributed by atoms with Crippen molar-refractivity contribution >= 4 is 22.6 Å². The SMILES string of the molecule is CC(C)c1cnc(I)cn1. The molecular weight excluding hydrogens is 239 g/mol. The number of hydrogen-bond donors (Lipinski definition) is 0. The molecule has 3 heteroatoms. The third kappa shape index (κ3) is 1.90. The monoisotopic (exact) mass is 248 g/mol. The van der Waals surface area contributed by atoms with Gasteiger partial charge in [-0.25, -0.2) is 4.98 Å². The van der Waals surface area contributed by atoms with Crippen molar-refractivity contribution in [3.05, 3.63) is 21.8 Å². The normalized spacial score (nSPS) is 10.4. The average molecular weight is 248 g/mol. The molecule has 2 nitrogen and oxygen atoms in total. The van der Waals surface area contributed by atoms with Crippen LogP contribution in [0.15, 0.2) is 12.4 Å². The minimum atomic E-state index is 0.476. The van der Waals surface area contributed by atoms with Gasteiger partial charge in [-0.15, -0.1) is 0 Å². The van der Waals surface area contributed by atoms with E-state index in [1.807, 2.05) is 6.20 Å². The molecule has 1 aromatic rings. The molecule has 0 aliphatic heterocycles. The molecule has 0 fully saturated rings. The molecule has 0 aliphatic rings. The quantitative estimate of drug-likeness (QED) is 0.712. The Balaban J connectivity index is 2.89. The van der Waals surface area contributed by atoms with Crippen molar-refractivity contribution in [1.29, 1.82) is 0 Å². The fraction of sp³-hybridized carbons (Fsp3) is 0.429. The van der Waals surface area contributed by atoms with Crippen LogP contribution in [0.2, 0.25) is 0 Å².